The van der Waals surface area contributed by atoms with Gasteiger partial charge < -0.3 is 0 Å². The fourth-order valence-corrected chi connectivity index (χ4v) is 3.92. The highest BCUT2D eigenvalue weighted by atomic mass is 28.2. The zero-order valence-electron chi connectivity index (χ0n) is 10.7. The van der Waals surface area contributed by atoms with Gasteiger partial charge in [0.05, 0.1) is 0 Å². The third kappa shape index (κ3) is 16.2. The van der Waals surface area contributed by atoms with Crippen molar-refractivity contribution in [1.29, 1.82) is 0 Å². The SMILES string of the molecule is FC(F)CCC[Si]CCCC[Si]CCCC(F)F. The summed E-state index contributed by atoms with van der Waals surface area (Å²) in [6.07, 6.45) is -0.605. The fraction of sp³-hybridized carbons (Fsp3) is 1.00. The molecule has 0 atom stereocenters. The summed E-state index contributed by atoms with van der Waals surface area (Å²) in [5.74, 6) is 0. The van der Waals surface area contributed by atoms with Crippen LogP contribution in [-0.4, -0.2) is 31.9 Å². The van der Waals surface area contributed by atoms with Crippen molar-refractivity contribution in [2.45, 2.75) is 75.6 Å². The molecule has 0 rings (SSSR count). The van der Waals surface area contributed by atoms with Crippen LogP contribution in [0.1, 0.15) is 38.5 Å². The van der Waals surface area contributed by atoms with E-state index in [0.29, 0.717) is 12.8 Å². The van der Waals surface area contributed by atoms with Gasteiger partial charge >= 0.3 is 0 Å². The molecule has 0 N–H and O–H groups in total. The van der Waals surface area contributed by atoms with Crippen LogP contribution in [-0.2, 0) is 0 Å². The highest BCUT2D eigenvalue weighted by Gasteiger charge is 2.02. The molecule has 0 fully saturated rings. The van der Waals surface area contributed by atoms with Gasteiger partial charge in [-0.25, -0.2) is 17.6 Å². The topological polar surface area (TPSA) is 0 Å². The normalized spacial score (nSPS) is 11.7. The van der Waals surface area contributed by atoms with E-state index in [2.05, 4.69) is 0 Å². The second-order valence-electron chi connectivity index (χ2n) is 4.27. The second kappa shape index (κ2) is 13.6. The monoisotopic (exact) mass is 298 g/mol. The van der Waals surface area contributed by atoms with Gasteiger partial charge in [-0.3, -0.25) is 0 Å². The molecule has 0 aromatic rings. The molecule has 106 valence electrons. The Hall–Kier alpha value is 0.154. The van der Waals surface area contributed by atoms with Gasteiger partial charge in [-0.05, 0) is 0 Å². The molecule has 0 aliphatic carbocycles. The molecule has 0 bridgehead atoms. The van der Waals surface area contributed by atoms with Crippen LogP contribution in [0.25, 0.3) is 0 Å². The van der Waals surface area contributed by atoms with Gasteiger partial charge in [0.2, 0.25) is 12.9 Å². The molecule has 4 radical (unpaired) electrons. The van der Waals surface area contributed by atoms with E-state index in [1.54, 1.807) is 0 Å². The molecule has 0 saturated heterocycles. The third-order valence-electron chi connectivity index (χ3n) is 2.51. The molecule has 0 spiro atoms. The maximum Gasteiger partial charge on any atom is 0.238 e. The van der Waals surface area contributed by atoms with Crippen molar-refractivity contribution in [2.75, 3.05) is 0 Å². The van der Waals surface area contributed by atoms with E-state index >= 15 is 0 Å². The van der Waals surface area contributed by atoms with Crippen molar-refractivity contribution in [1.82, 2.24) is 0 Å². The standard InChI is InChI=1S/C12H22F4Si2/c13-11(14)5-3-9-17-7-1-2-8-18-10-4-6-12(15)16/h11-12H,1-10H2. The first-order valence-corrected chi connectivity index (χ1v) is 9.43. The van der Waals surface area contributed by atoms with Crippen LogP contribution in [0.4, 0.5) is 17.6 Å². The van der Waals surface area contributed by atoms with Gasteiger partial charge in [0.15, 0.2) is 0 Å². The number of halogens is 4. The molecule has 6 heteroatoms. The summed E-state index contributed by atoms with van der Waals surface area (Å²) < 4.78 is 47.3. The van der Waals surface area contributed by atoms with Crippen molar-refractivity contribution in [2.24, 2.45) is 0 Å². The predicted octanol–water partition coefficient (Wildman–Crippen LogP) is 4.94. The summed E-state index contributed by atoms with van der Waals surface area (Å²) >= 11 is 0. The van der Waals surface area contributed by atoms with Crippen LogP contribution in [0, 0.1) is 0 Å². The Labute approximate surface area is 113 Å². The van der Waals surface area contributed by atoms with Crippen molar-refractivity contribution in [3.05, 3.63) is 0 Å². The van der Waals surface area contributed by atoms with E-state index in [0.717, 1.165) is 56.1 Å². The summed E-state index contributed by atoms with van der Waals surface area (Å²) in [7, 11) is 1.62. The van der Waals surface area contributed by atoms with E-state index < -0.39 is 12.9 Å². The average molecular weight is 298 g/mol. The molecule has 0 amide bonds. The minimum Gasteiger partial charge on any atom is -0.211 e. The Balaban J connectivity index is 2.95. The summed E-state index contributed by atoms with van der Waals surface area (Å²) in [6.45, 7) is 0. The lowest BCUT2D eigenvalue weighted by Crippen LogP contribution is -1.96. The minimum atomic E-state index is -2.15. The van der Waals surface area contributed by atoms with E-state index in [-0.39, 0.29) is 12.8 Å². The maximum absolute atomic E-state index is 11.8. The largest absolute Gasteiger partial charge is 0.238 e. The zero-order chi connectivity index (χ0) is 13.6. The van der Waals surface area contributed by atoms with Crippen molar-refractivity contribution in [3.63, 3.8) is 0 Å². The number of alkyl halides is 4. The lowest BCUT2D eigenvalue weighted by molar-refractivity contribution is 0.136. The highest BCUT2D eigenvalue weighted by molar-refractivity contribution is 6.36. The third-order valence-corrected chi connectivity index (χ3v) is 5.34. The molecular weight excluding hydrogens is 276 g/mol. The molecule has 0 unspecified atom stereocenters. The Morgan fingerprint density at radius 2 is 0.889 bits per heavy atom. The Bertz CT molecular complexity index is 150. The van der Waals surface area contributed by atoms with E-state index in [4.69, 9.17) is 0 Å². The van der Waals surface area contributed by atoms with Gasteiger partial charge in [-0.1, -0.05) is 49.9 Å². The lowest BCUT2D eigenvalue weighted by atomic mass is 10.3. The first-order chi connectivity index (χ1) is 8.63. The first-order valence-electron chi connectivity index (χ1n) is 6.60. The Morgan fingerprint density at radius 3 is 1.22 bits per heavy atom. The fourth-order valence-electron chi connectivity index (χ4n) is 1.51. The van der Waals surface area contributed by atoms with E-state index in [9.17, 15) is 17.6 Å². The number of hydrogen-bond donors (Lipinski definition) is 0. The quantitative estimate of drug-likeness (QED) is 0.257. The van der Waals surface area contributed by atoms with Gasteiger partial charge in [-0.2, -0.15) is 0 Å². The van der Waals surface area contributed by atoms with Gasteiger partial charge in [0, 0.05) is 31.9 Å². The summed E-state index contributed by atoms with van der Waals surface area (Å²) in [5, 5.41) is 0. The highest BCUT2D eigenvalue weighted by Crippen LogP contribution is 2.10. The predicted molar refractivity (Wildman–Crippen MR) is 70.4 cm³/mol. The first kappa shape index (κ1) is 18.2. The molecule has 0 nitrogen and oxygen atoms in total. The molecular formula is C12H22F4Si2. The Morgan fingerprint density at radius 1 is 0.556 bits per heavy atom. The van der Waals surface area contributed by atoms with E-state index in [1.165, 1.54) is 0 Å². The summed E-state index contributed by atoms with van der Waals surface area (Å²) in [5.41, 5.74) is 0. The van der Waals surface area contributed by atoms with Crippen LogP contribution in [0.2, 0.25) is 24.2 Å². The maximum atomic E-state index is 11.8. The molecule has 0 aromatic heterocycles. The lowest BCUT2D eigenvalue weighted by Gasteiger charge is -2.02. The molecule has 0 heterocycles. The van der Waals surface area contributed by atoms with Gasteiger partial charge in [0.1, 0.15) is 0 Å². The second-order valence-corrected chi connectivity index (χ2v) is 7.27. The average Bonchev–Trinajstić information content (AvgIpc) is 2.29. The molecule has 18 heavy (non-hydrogen) atoms. The molecule has 0 saturated carbocycles. The minimum absolute atomic E-state index is 0.0402. The molecule has 0 aliphatic rings. The van der Waals surface area contributed by atoms with Crippen LogP contribution >= 0.6 is 0 Å². The van der Waals surface area contributed by atoms with Crippen molar-refractivity contribution < 1.29 is 17.6 Å². The smallest absolute Gasteiger partial charge is 0.211 e. The van der Waals surface area contributed by atoms with Crippen LogP contribution in [0.3, 0.4) is 0 Å². The zero-order valence-corrected chi connectivity index (χ0v) is 12.7. The van der Waals surface area contributed by atoms with Crippen molar-refractivity contribution in [3.8, 4) is 0 Å². The van der Waals surface area contributed by atoms with Crippen LogP contribution in [0.5, 0.6) is 0 Å². The molecule has 0 aliphatic heterocycles. The Kier molecular flexibility index (Phi) is 13.7. The van der Waals surface area contributed by atoms with Crippen LogP contribution in [0.15, 0.2) is 0 Å². The number of unbranched alkanes of at least 4 members (excludes halogenated alkanes) is 1. The van der Waals surface area contributed by atoms with Gasteiger partial charge in [-0.15, -0.1) is 0 Å². The number of rotatable bonds is 13. The van der Waals surface area contributed by atoms with Crippen molar-refractivity contribution >= 4 is 19.0 Å². The van der Waals surface area contributed by atoms with Crippen LogP contribution < -0.4 is 0 Å². The van der Waals surface area contributed by atoms with E-state index in [1.807, 2.05) is 0 Å². The summed E-state index contributed by atoms with van der Waals surface area (Å²) in [6, 6.07) is 4.15. The molecule has 0 aromatic carbocycles. The summed E-state index contributed by atoms with van der Waals surface area (Å²) in [4.78, 5) is 0. The van der Waals surface area contributed by atoms with Gasteiger partial charge in [0.25, 0.3) is 0 Å². The number of hydrogen-bond acceptors (Lipinski definition) is 0.